The lowest BCUT2D eigenvalue weighted by Gasteiger charge is -2.08. The predicted octanol–water partition coefficient (Wildman–Crippen LogP) is 3.22. The topological polar surface area (TPSA) is 46.4 Å². The van der Waals surface area contributed by atoms with Crippen LogP contribution in [0.2, 0.25) is 0 Å². The van der Waals surface area contributed by atoms with Crippen LogP contribution in [-0.4, -0.2) is 16.8 Å². The molecule has 0 fully saturated rings. The summed E-state index contributed by atoms with van der Waals surface area (Å²) < 4.78 is 7.19. The first kappa shape index (κ1) is 13.3. The van der Waals surface area contributed by atoms with Gasteiger partial charge in [-0.1, -0.05) is 6.92 Å². The van der Waals surface area contributed by atoms with Crippen molar-refractivity contribution in [1.82, 2.24) is 4.57 Å². The molecule has 0 bridgehead atoms. The first-order chi connectivity index (χ1) is 9.22. The summed E-state index contributed by atoms with van der Waals surface area (Å²) in [4.78, 5) is 0. The minimum atomic E-state index is 0.149. The molecular formula is C15H20N2O2. The van der Waals surface area contributed by atoms with E-state index in [-0.39, 0.29) is 5.75 Å². The van der Waals surface area contributed by atoms with Crippen LogP contribution < -0.4 is 10.1 Å². The van der Waals surface area contributed by atoms with Gasteiger partial charge in [-0.2, -0.15) is 0 Å². The molecule has 0 atom stereocenters. The van der Waals surface area contributed by atoms with Gasteiger partial charge in [-0.15, -0.1) is 0 Å². The lowest BCUT2D eigenvalue weighted by atomic mass is 10.2. The molecule has 4 heteroatoms. The highest BCUT2D eigenvalue weighted by molar-refractivity contribution is 5.54. The van der Waals surface area contributed by atoms with Gasteiger partial charge in [0.25, 0.3) is 0 Å². The van der Waals surface area contributed by atoms with Crippen molar-refractivity contribution in [3.05, 3.63) is 42.2 Å². The first-order valence-corrected chi connectivity index (χ1v) is 6.48. The minimum absolute atomic E-state index is 0.149. The second-order valence-electron chi connectivity index (χ2n) is 4.50. The van der Waals surface area contributed by atoms with Gasteiger partial charge in [0.05, 0.1) is 7.11 Å². The number of methoxy groups -OCH3 is 1. The number of phenols is 1. The van der Waals surface area contributed by atoms with Gasteiger partial charge in [-0.3, -0.25) is 0 Å². The van der Waals surface area contributed by atoms with Crippen molar-refractivity contribution in [3.63, 3.8) is 0 Å². The normalized spacial score (nSPS) is 10.4. The average Bonchev–Trinajstić information content (AvgIpc) is 2.85. The average molecular weight is 260 g/mol. The van der Waals surface area contributed by atoms with E-state index in [9.17, 15) is 5.11 Å². The first-order valence-electron chi connectivity index (χ1n) is 6.48. The Balaban J connectivity index is 1.95. The summed E-state index contributed by atoms with van der Waals surface area (Å²) in [6.45, 7) is 3.95. The van der Waals surface area contributed by atoms with Crippen molar-refractivity contribution in [2.24, 2.45) is 0 Å². The smallest absolute Gasteiger partial charge is 0.160 e. The molecule has 0 saturated carbocycles. The number of anilines is 1. The molecule has 1 heterocycles. The Hall–Kier alpha value is -2.10. The third kappa shape index (κ3) is 3.44. The Morgan fingerprint density at radius 1 is 1.32 bits per heavy atom. The van der Waals surface area contributed by atoms with Crippen molar-refractivity contribution in [3.8, 4) is 11.5 Å². The molecule has 0 aliphatic carbocycles. The fraction of sp³-hybridized carbons (Fsp3) is 0.333. The predicted molar refractivity (Wildman–Crippen MR) is 76.7 cm³/mol. The Labute approximate surface area is 113 Å². The maximum Gasteiger partial charge on any atom is 0.160 e. The summed E-state index contributed by atoms with van der Waals surface area (Å²) in [5, 5.41) is 13.0. The lowest BCUT2D eigenvalue weighted by molar-refractivity contribution is 0.373. The molecule has 0 aliphatic heterocycles. The zero-order valence-corrected chi connectivity index (χ0v) is 11.4. The number of aromatic hydroxyl groups is 1. The summed E-state index contributed by atoms with van der Waals surface area (Å²) in [5.41, 5.74) is 2.10. The maximum absolute atomic E-state index is 9.69. The van der Waals surface area contributed by atoms with E-state index in [1.54, 1.807) is 19.2 Å². The van der Waals surface area contributed by atoms with E-state index in [4.69, 9.17) is 4.74 Å². The number of aromatic nitrogens is 1. The summed E-state index contributed by atoms with van der Waals surface area (Å²) in [7, 11) is 1.54. The van der Waals surface area contributed by atoms with Gasteiger partial charge in [0.15, 0.2) is 11.5 Å². The molecule has 4 nitrogen and oxygen atoms in total. The third-order valence-corrected chi connectivity index (χ3v) is 2.97. The molecule has 0 spiro atoms. The van der Waals surface area contributed by atoms with E-state index >= 15 is 0 Å². The highest BCUT2D eigenvalue weighted by Gasteiger charge is 2.02. The van der Waals surface area contributed by atoms with Crippen LogP contribution >= 0.6 is 0 Å². The number of nitrogens with one attached hydrogen (secondary N) is 1. The number of nitrogens with zero attached hydrogens (tertiary/aromatic N) is 1. The van der Waals surface area contributed by atoms with E-state index in [1.807, 2.05) is 6.07 Å². The monoisotopic (exact) mass is 260 g/mol. The summed E-state index contributed by atoms with van der Waals surface area (Å²) in [5.74, 6) is 0.635. The lowest BCUT2D eigenvalue weighted by Crippen LogP contribution is -1.99. The third-order valence-electron chi connectivity index (χ3n) is 2.97. The molecule has 1 aromatic heterocycles. The standard InChI is InChI=1S/C15H20N2O2/c1-3-7-17-8-6-12(11-17)10-16-13-4-5-15(19-2)14(18)9-13/h4-6,8-9,11,16,18H,3,7,10H2,1-2H3. The molecule has 0 saturated heterocycles. The van der Waals surface area contributed by atoms with Gasteiger partial charge in [0.1, 0.15) is 0 Å². The molecule has 19 heavy (non-hydrogen) atoms. The van der Waals surface area contributed by atoms with Crippen LogP contribution in [0.15, 0.2) is 36.7 Å². The zero-order chi connectivity index (χ0) is 13.7. The molecule has 0 radical (unpaired) electrons. The van der Waals surface area contributed by atoms with Crippen molar-refractivity contribution >= 4 is 5.69 Å². The van der Waals surface area contributed by atoms with Crippen LogP contribution in [0.4, 0.5) is 5.69 Å². The van der Waals surface area contributed by atoms with Crippen molar-refractivity contribution < 1.29 is 9.84 Å². The van der Waals surface area contributed by atoms with Gasteiger partial charge in [-0.25, -0.2) is 0 Å². The number of hydrogen-bond donors (Lipinski definition) is 2. The van der Waals surface area contributed by atoms with Gasteiger partial charge < -0.3 is 19.7 Å². The highest BCUT2D eigenvalue weighted by atomic mass is 16.5. The summed E-state index contributed by atoms with van der Waals surface area (Å²) in [6.07, 6.45) is 5.36. The number of phenolic OH excluding ortho intramolecular Hbond substituents is 1. The van der Waals surface area contributed by atoms with Crippen LogP contribution in [0.5, 0.6) is 11.5 Å². The Bertz CT molecular complexity index is 535. The quantitative estimate of drug-likeness (QED) is 0.838. The van der Waals surface area contributed by atoms with E-state index in [0.717, 1.165) is 25.2 Å². The van der Waals surface area contributed by atoms with E-state index in [1.165, 1.54) is 5.56 Å². The Kier molecular flexibility index (Phi) is 4.34. The van der Waals surface area contributed by atoms with Crippen LogP contribution in [0.25, 0.3) is 0 Å². The molecule has 0 amide bonds. The maximum atomic E-state index is 9.69. The van der Waals surface area contributed by atoms with Crippen molar-refractivity contribution in [1.29, 1.82) is 0 Å². The van der Waals surface area contributed by atoms with Crippen LogP contribution in [-0.2, 0) is 13.1 Å². The molecule has 2 aromatic rings. The van der Waals surface area contributed by atoms with Crippen LogP contribution in [0.3, 0.4) is 0 Å². The van der Waals surface area contributed by atoms with Gasteiger partial charge in [-0.05, 0) is 30.2 Å². The second kappa shape index (κ2) is 6.18. The molecule has 2 N–H and O–H groups in total. The van der Waals surface area contributed by atoms with E-state index < -0.39 is 0 Å². The molecule has 0 unspecified atom stereocenters. The van der Waals surface area contributed by atoms with Crippen LogP contribution in [0.1, 0.15) is 18.9 Å². The number of benzene rings is 1. The molecular weight excluding hydrogens is 240 g/mol. The number of hydrogen-bond acceptors (Lipinski definition) is 3. The number of rotatable bonds is 6. The second-order valence-corrected chi connectivity index (χ2v) is 4.50. The highest BCUT2D eigenvalue weighted by Crippen LogP contribution is 2.28. The summed E-state index contributed by atoms with van der Waals surface area (Å²) >= 11 is 0. The number of aryl methyl sites for hydroxylation is 1. The molecule has 102 valence electrons. The van der Waals surface area contributed by atoms with E-state index in [2.05, 4.69) is 35.3 Å². The zero-order valence-electron chi connectivity index (χ0n) is 11.4. The number of ether oxygens (including phenoxy) is 1. The van der Waals surface area contributed by atoms with Gasteiger partial charge in [0, 0.05) is 37.2 Å². The minimum Gasteiger partial charge on any atom is -0.504 e. The molecule has 1 aromatic carbocycles. The molecule has 0 aliphatic rings. The van der Waals surface area contributed by atoms with Gasteiger partial charge in [0.2, 0.25) is 0 Å². The van der Waals surface area contributed by atoms with Crippen LogP contribution in [0, 0.1) is 0 Å². The Morgan fingerprint density at radius 3 is 2.84 bits per heavy atom. The largest absolute Gasteiger partial charge is 0.504 e. The SMILES string of the molecule is CCCn1ccc(CNc2ccc(OC)c(O)c2)c1. The Morgan fingerprint density at radius 2 is 2.16 bits per heavy atom. The van der Waals surface area contributed by atoms with E-state index in [0.29, 0.717) is 5.75 Å². The molecule has 2 rings (SSSR count). The fourth-order valence-corrected chi connectivity index (χ4v) is 2.00. The fourth-order valence-electron chi connectivity index (χ4n) is 2.00. The van der Waals surface area contributed by atoms with Crippen molar-refractivity contribution in [2.45, 2.75) is 26.4 Å². The summed E-state index contributed by atoms with van der Waals surface area (Å²) in [6, 6.07) is 7.41. The van der Waals surface area contributed by atoms with Crippen molar-refractivity contribution in [2.75, 3.05) is 12.4 Å². The van der Waals surface area contributed by atoms with Gasteiger partial charge >= 0.3 is 0 Å².